The normalized spacial score (nSPS) is 42.1. The van der Waals surface area contributed by atoms with Crippen molar-refractivity contribution in [3.8, 4) is 0 Å². The van der Waals surface area contributed by atoms with Crippen LogP contribution >= 0.6 is 0 Å². The number of ether oxygens (including phenoxy) is 7. The molecule has 3 aliphatic carbocycles. The van der Waals surface area contributed by atoms with E-state index in [1.54, 1.807) is 13.8 Å². The molecule has 1 aliphatic heterocycles. The molecule has 280 valence electrons. The molecule has 18 nitrogen and oxygen atoms in total. The average molecular weight is 700 g/mol. The molecule has 9 N–H and O–H groups in total. The highest BCUT2D eigenvalue weighted by molar-refractivity contribution is 5.19. The van der Waals surface area contributed by atoms with Gasteiger partial charge in [0.25, 0.3) is 0 Å². The highest BCUT2D eigenvalue weighted by atomic mass is 16.8. The van der Waals surface area contributed by atoms with Gasteiger partial charge < -0.3 is 79.1 Å². The molecule has 18 heteroatoms. The standard InChI is InChI=1S/C30H53NO17/c1-13(11-44-20-5-15(9-32)24(35)27(38)26(20)37)47-29(12-31-41,14(2)42-3)48-22(43-4)8-18(34)25(36)16-6-19(16)45-23-7-17-28(39)30(17,40)21(10-33)46-23/h13-28,32-40H,5-12H2,1-4H3/t13-,14?,15?,16-,17?,18+,19+,20-,21?,22?,23-,24+,25+,26?,27?,28?,29-,30?/m0/s1. The Balaban J connectivity index is 1.32. The molecule has 48 heavy (non-hydrogen) atoms. The molecule has 1 saturated heterocycles. The second-order valence-corrected chi connectivity index (χ2v) is 13.5. The summed E-state index contributed by atoms with van der Waals surface area (Å²) in [5.41, 5.74) is -1.50. The molecule has 18 atom stereocenters. The van der Waals surface area contributed by atoms with E-state index in [4.69, 9.17) is 33.2 Å². The summed E-state index contributed by atoms with van der Waals surface area (Å²) in [6.45, 7) is 1.48. The number of fused-ring (bicyclic) bond motifs is 1. The van der Waals surface area contributed by atoms with Crippen molar-refractivity contribution in [2.24, 2.45) is 22.9 Å². The monoisotopic (exact) mass is 699 g/mol. The van der Waals surface area contributed by atoms with Crippen molar-refractivity contribution in [2.45, 2.75) is 131 Å². The third-order valence-corrected chi connectivity index (χ3v) is 10.3. The van der Waals surface area contributed by atoms with Crippen molar-refractivity contribution in [1.29, 1.82) is 0 Å². The van der Waals surface area contributed by atoms with E-state index in [0.717, 1.165) is 0 Å². The van der Waals surface area contributed by atoms with Crippen molar-refractivity contribution in [1.82, 2.24) is 0 Å². The lowest BCUT2D eigenvalue weighted by Gasteiger charge is -2.42. The minimum atomic E-state index is -1.86. The number of methoxy groups -OCH3 is 2. The minimum absolute atomic E-state index is 0.0668. The zero-order chi connectivity index (χ0) is 35.6. The Morgan fingerprint density at radius 2 is 1.65 bits per heavy atom. The molecule has 3 saturated carbocycles. The Kier molecular flexibility index (Phi) is 13.7. The van der Waals surface area contributed by atoms with Crippen LogP contribution in [0.15, 0.2) is 5.18 Å². The van der Waals surface area contributed by atoms with Gasteiger partial charge in [-0.3, -0.25) is 0 Å². The van der Waals surface area contributed by atoms with Crippen LogP contribution in [0.5, 0.6) is 0 Å². The molecule has 0 amide bonds. The predicted octanol–water partition coefficient (Wildman–Crippen LogP) is -3.30. The lowest BCUT2D eigenvalue weighted by atomic mass is 9.81. The van der Waals surface area contributed by atoms with Gasteiger partial charge in [0.1, 0.15) is 36.6 Å². The summed E-state index contributed by atoms with van der Waals surface area (Å²) in [5.74, 6) is -3.55. The number of nitrogens with zero attached hydrogens (tertiary/aromatic N) is 1. The predicted molar refractivity (Wildman–Crippen MR) is 160 cm³/mol. The SMILES string of the molecule is COC(C[C@@H](O)[C@H](O)[C@H]1C[C@H]1O[C@@H]1CC2C(O)C2(O)C(CO)O1)O[C@](CN=O)(O[C@@H](C)CO[C@H]1CC(CO)[C@@H](O)C(O)C1O)C(C)OC. The molecule has 4 aliphatic rings. The first-order chi connectivity index (χ1) is 22.7. The molecule has 0 bridgehead atoms. The van der Waals surface area contributed by atoms with E-state index in [1.807, 2.05) is 0 Å². The number of rotatable bonds is 20. The van der Waals surface area contributed by atoms with Gasteiger partial charge in [-0.05, 0) is 26.7 Å². The molecule has 4 fully saturated rings. The summed E-state index contributed by atoms with van der Waals surface area (Å²) in [6, 6.07) is 0. The molecule has 0 radical (unpaired) electrons. The van der Waals surface area contributed by atoms with Crippen molar-refractivity contribution in [3.63, 3.8) is 0 Å². The maximum absolute atomic E-state index is 11.6. The van der Waals surface area contributed by atoms with Gasteiger partial charge in [-0.25, -0.2) is 0 Å². The number of nitroso groups, excluding NO2 is 1. The summed E-state index contributed by atoms with van der Waals surface area (Å²) >= 11 is 0. The lowest BCUT2D eigenvalue weighted by molar-refractivity contribution is -0.350. The van der Waals surface area contributed by atoms with Crippen LogP contribution in [0.2, 0.25) is 0 Å². The van der Waals surface area contributed by atoms with Gasteiger partial charge in [-0.1, -0.05) is 5.18 Å². The smallest absolute Gasteiger partial charge is 0.220 e. The van der Waals surface area contributed by atoms with E-state index >= 15 is 0 Å². The number of aliphatic hydroxyl groups is 9. The van der Waals surface area contributed by atoms with Gasteiger partial charge in [-0.2, -0.15) is 4.91 Å². The third kappa shape index (κ3) is 8.36. The second-order valence-electron chi connectivity index (χ2n) is 13.5. The van der Waals surface area contributed by atoms with Gasteiger partial charge in [0.05, 0.1) is 55.9 Å². The van der Waals surface area contributed by atoms with Crippen LogP contribution in [0.4, 0.5) is 0 Å². The summed E-state index contributed by atoms with van der Waals surface area (Å²) in [6.07, 6.45) is -13.8. The molecular weight excluding hydrogens is 646 g/mol. The summed E-state index contributed by atoms with van der Waals surface area (Å²) in [4.78, 5) is 11.6. The minimum Gasteiger partial charge on any atom is -0.396 e. The van der Waals surface area contributed by atoms with E-state index in [1.165, 1.54) is 14.2 Å². The number of aliphatic hydroxyl groups excluding tert-OH is 8. The second kappa shape index (κ2) is 16.5. The third-order valence-electron chi connectivity index (χ3n) is 10.3. The van der Waals surface area contributed by atoms with Crippen LogP contribution in [-0.2, 0) is 33.2 Å². The van der Waals surface area contributed by atoms with E-state index in [2.05, 4.69) is 5.18 Å². The van der Waals surface area contributed by atoms with Crippen LogP contribution in [0.25, 0.3) is 0 Å². The maximum Gasteiger partial charge on any atom is 0.220 e. The van der Waals surface area contributed by atoms with Gasteiger partial charge in [0.2, 0.25) is 5.79 Å². The Hall–Kier alpha value is -1.04. The molecule has 0 aromatic carbocycles. The highest BCUT2D eigenvalue weighted by Crippen LogP contribution is 2.54. The first-order valence-corrected chi connectivity index (χ1v) is 16.4. The fourth-order valence-corrected chi connectivity index (χ4v) is 6.92. The Bertz CT molecular complexity index is 1030. The Labute approximate surface area is 278 Å². The van der Waals surface area contributed by atoms with E-state index in [9.17, 15) is 50.9 Å². The van der Waals surface area contributed by atoms with Gasteiger partial charge in [0.15, 0.2) is 12.6 Å². The van der Waals surface area contributed by atoms with Gasteiger partial charge in [-0.15, -0.1) is 0 Å². The van der Waals surface area contributed by atoms with Crippen LogP contribution in [0.3, 0.4) is 0 Å². The lowest BCUT2D eigenvalue weighted by Crippen LogP contribution is -2.56. The molecule has 1 heterocycles. The first-order valence-electron chi connectivity index (χ1n) is 16.4. The zero-order valence-corrected chi connectivity index (χ0v) is 27.6. The number of hydrogen-bond donors (Lipinski definition) is 9. The van der Waals surface area contributed by atoms with Gasteiger partial charge >= 0.3 is 0 Å². The first kappa shape index (κ1) is 39.7. The van der Waals surface area contributed by atoms with E-state index in [0.29, 0.717) is 6.42 Å². The fraction of sp³-hybridized carbons (Fsp3) is 1.00. The molecule has 0 spiro atoms. The summed E-state index contributed by atoms with van der Waals surface area (Å²) < 4.78 is 40.4. The maximum atomic E-state index is 11.6. The summed E-state index contributed by atoms with van der Waals surface area (Å²) in [5, 5.41) is 95.0. The van der Waals surface area contributed by atoms with Crippen LogP contribution in [0.1, 0.15) is 39.5 Å². The topological polar surface area (TPSA) is 276 Å². The molecule has 4 rings (SSSR count). The Morgan fingerprint density at radius 3 is 2.25 bits per heavy atom. The van der Waals surface area contributed by atoms with Crippen molar-refractivity contribution >= 4 is 0 Å². The average Bonchev–Trinajstić information content (AvgIpc) is 3.96. The molecule has 0 aromatic rings. The van der Waals surface area contributed by atoms with Crippen LogP contribution in [0, 0.1) is 22.7 Å². The van der Waals surface area contributed by atoms with Crippen LogP contribution in [-0.4, -0.2) is 178 Å². The highest BCUT2D eigenvalue weighted by Gasteiger charge is 2.71. The van der Waals surface area contributed by atoms with Crippen molar-refractivity contribution in [2.75, 3.05) is 40.6 Å². The van der Waals surface area contributed by atoms with E-state index < -0.39 is 129 Å². The van der Waals surface area contributed by atoms with E-state index in [-0.39, 0.29) is 25.9 Å². The largest absolute Gasteiger partial charge is 0.396 e. The zero-order valence-electron chi connectivity index (χ0n) is 27.6. The Morgan fingerprint density at radius 1 is 0.938 bits per heavy atom. The molecule has 9 unspecified atom stereocenters. The quantitative estimate of drug-likeness (QED) is 0.0445. The van der Waals surface area contributed by atoms with Crippen LogP contribution < -0.4 is 0 Å². The van der Waals surface area contributed by atoms with Gasteiger partial charge in [0, 0.05) is 51.4 Å². The molecule has 0 aromatic heterocycles. The number of hydrogen-bond acceptors (Lipinski definition) is 18. The van der Waals surface area contributed by atoms with Crippen molar-refractivity contribution in [3.05, 3.63) is 4.91 Å². The fourth-order valence-electron chi connectivity index (χ4n) is 6.92. The molecular formula is C30H53NO17. The van der Waals surface area contributed by atoms with Crippen molar-refractivity contribution < 1.29 is 79.1 Å². The summed E-state index contributed by atoms with van der Waals surface area (Å²) in [7, 11) is 2.65.